The van der Waals surface area contributed by atoms with Gasteiger partial charge in [-0.15, -0.1) is 0 Å². The number of furan rings is 1. The van der Waals surface area contributed by atoms with E-state index in [1.807, 2.05) is 24.3 Å². The second kappa shape index (κ2) is 6.53. The summed E-state index contributed by atoms with van der Waals surface area (Å²) < 4.78 is 19.1. The number of halogens is 1. The molecule has 0 amide bonds. The quantitative estimate of drug-likeness (QED) is 0.847. The van der Waals surface area contributed by atoms with Crippen molar-refractivity contribution in [2.24, 2.45) is 0 Å². The molecular weight excluding hydrogens is 241 g/mol. The normalized spacial score (nSPS) is 14.3. The number of nitrogens with one attached hydrogen (secondary N) is 1. The van der Waals surface area contributed by atoms with Gasteiger partial charge in [0.25, 0.3) is 0 Å². The average Bonchev–Trinajstić information content (AvgIpc) is 2.89. The maximum absolute atomic E-state index is 13.8. The summed E-state index contributed by atoms with van der Waals surface area (Å²) in [5.74, 6) is 0.801. The van der Waals surface area contributed by atoms with E-state index >= 15 is 0 Å². The number of rotatable bonds is 6. The molecule has 1 aromatic carbocycles. The van der Waals surface area contributed by atoms with E-state index in [0.29, 0.717) is 0 Å². The second-order valence-electron chi connectivity index (χ2n) is 4.83. The molecule has 1 N–H and O–H groups in total. The maximum atomic E-state index is 13.8. The van der Waals surface area contributed by atoms with Crippen LogP contribution in [0.15, 0.2) is 47.1 Å². The molecule has 0 spiro atoms. The van der Waals surface area contributed by atoms with Crippen LogP contribution >= 0.6 is 0 Å². The van der Waals surface area contributed by atoms with Gasteiger partial charge in [-0.1, -0.05) is 25.1 Å². The minimum atomic E-state index is -0.146. The third-order valence-corrected chi connectivity index (χ3v) is 3.26. The van der Waals surface area contributed by atoms with E-state index in [-0.39, 0.29) is 17.9 Å². The Morgan fingerprint density at radius 1 is 1.21 bits per heavy atom. The molecule has 0 fully saturated rings. The van der Waals surface area contributed by atoms with E-state index in [9.17, 15) is 4.39 Å². The lowest BCUT2D eigenvalue weighted by Crippen LogP contribution is -2.32. The van der Waals surface area contributed by atoms with Gasteiger partial charge in [0.15, 0.2) is 0 Å². The SMILES string of the molecule is CCC(NC(C)Cc1ccco1)c1ccccc1F. The Labute approximate surface area is 113 Å². The van der Waals surface area contributed by atoms with Crippen LogP contribution in [0, 0.1) is 5.82 Å². The van der Waals surface area contributed by atoms with Crippen LogP contribution in [0.4, 0.5) is 4.39 Å². The van der Waals surface area contributed by atoms with Crippen LogP contribution in [-0.4, -0.2) is 6.04 Å². The molecule has 1 heterocycles. The zero-order valence-electron chi connectivity index (χ0n) is 11.4. The predicted molar refractivity (Wildman–Crippen MR) is 74.4 cm³/mol. The molecule has 2 unspecified atom stereocenters. The summed E-state index contributed by atoms with van der Waals surface area (Å²) in [4.78, 5) is 0. The number of hydrogen-bond donors (Lipinski definition) is 1. The Kier molecular flexibility index (Phi) is 4.74. The topological polar surface area (TPSA) is 25.2 Å². The zero-order chi connectivity index (χ0) is 13.7. The first-order chi connectivity index (χ1) is 9.20. The van der Waals surface area contributed by atoms with Crippen LogP contribution in [0.25, 0.3) is 0 Å². The van der Waals surface area contributed by atoms with Crippen LogP contribution in [-0.2, 0) is 6.42 Å². The summed E-state index contributed by atoms with van der Waals surface area (Å²) in [6.07, 6.45) is 3.33. The average molecular weight is 261 g/mol. The Morgan fingerprint density at radius 2 is 2.00 bits per heavy atom. The highest BCUT2D eigenvalue weighted by molar-refractivity contribution is 5.21. The highest BCUT2D eigenvalue weighted by Gasteiger charge is 2.16. The molecule has 2 rings (SSSR count). The fourth-order valence-corrected chi connectivity index (χ4v) is 2.32. The van der Waals surface area contributed by atoms with E-state index < -0.39 is 0 Å². The Balaban J connectivity index is 2.01. The van der Waals surface area contributed by atoms with Crippen LogP contribution in [0.1, 0.15) is 37.6 Å². The van der Waals surface area contributed by atoms with Crippen molar-refractivity contribution in [2.45, 2.75) is 38.8 Å². The van der Waals surface area contributed by atoms with E-state index in [4.69, 9.17) is 4.42 Å². The monoisotopic (exact) mass is 261 g/mol. The van der Waals surface area contributed by atoms with Gasteiger partial charge in [-0.05, 0) is 31.5 Å². The highest BCUT2D eigenvalue weighted by Crippen LogP contribution is 2.20. The molecule has 3 heteroatoms. The van der Waals surface area contributed by atoms with Crippen molar-refractivity contribution in [3.63, 3.8) is 0 Å². The summed E-state index contributed by atoms with van der Waals surface area (Å²) >= 11 is 0. The van der Waals surface area contributed by atoms with E-state index in [1.165, 1.54) is 6.07 Å². The van der Waals surface area contributed by atoms with Gasteiger partial charge in [-0.2, -0.15) is 0 Å². The van der Waals surface area contributed by atoms with Crippen LogP contribution < -0.4 is 5.32 Å². The molecule has 102 valence electrons. The molecule has 2 aromatic rings. The van der Waals surface area contributed by atoms with E-state index in [1.54, 1.807) is 12.3 Å². The van der Waals surface area contributed by atoms with Crippen molar-refractivity contribution in [1.29, 1.82) is 0 Å². The summed E-state index contributed by atoms with van der Waals surface area (Å²) in [5.41, 5.74) is 0.733. The van der Waals surface area contributed by atoms with Crippen molar-refractivity contribution in [1.82, 2.24) is 5.32 Å². The number of hydrogen-bond acceptors (Lipinski definition) is 2. The first-order valence-corrected chi connectivity index (χ1v) is 6.73. The van der Waals surface area contributed by atoms with Gasteiger partial charge in [-0.3, -0.25) is 0 Å². The molecular formula is C16H20FNO. The van der Waals surface area contributed by atoms with Crippen LogP contribution in [0.3, 0.4) is 0 Å². The first-order valence-electron chi connectivity index (χ1n) is 6.73. The zero-order valence-corrected chi connectivity index (χ0v) is 11.4. The predicted octanol–water partition coefficient (Wildman–Crippen LogP) is 4.09. The first kappa shape index (κ1) is 13.8. The van der Waals surface area contributed by atoms with Gasteiger partial charge in [0.1, 0.15) is 11.6 Å². The van der Waals surface area contributed by atoms with Gasteiger partial charge in [0.2, 0.25) is 0 Å². The van der Waals surface area contributed by atoms with Crippen LogP contribution in [0.2, 0.25) is 0 Å². The minimum absolute atomic E-state index is 0.0335. The Hall–Kier alpha value is -1.61. The van der Waals surface area contributed by atoms with E-state index in [2.05, 4.69) is 19.2 Å². The molecule has 2 atom stereocenters. The third-order valence-electron chi connectivity index (χ3n) is 3.26. The maximum Gasteiger partial charge on any atom is 0.127 e. The van der Waals surface area contributed by atoms with Crippen molar-refractivity contribution in [3.05, 3.63) is 59.8 Å². The minimum Gasteiger partial charge on any atom is -0.469 e. The van der Waals surface area contributed by atoms with Gasteiger partial charge >= 0.3 is 0 Å². The van der Waals surface area contributed by atoms with Gasteiger partial charge < -0.3 is 9.73 Å². The van der Waals surface area contributed by atoms with Gasteiger partial charge in [-0.25, -0.2) is 4.39 Å². The molecule has 0 aliphatic carbocycles. The molecule has 0 aliphatic heterocycles. The Morgan fingerprint density at radius 3 is 2.63 bits per heavy atom. The standard InChI is InChI=1S/C16H20FNO/c1-3-16(14-8-4-5-9-15(14)17)18-12(2)11-13-7-6-10-19-13/h4-10,12,16,18H,3,11H2,1-2H3. The molecule has 19 heavy (non-hydrogen) atoms. The lowest BCUT2D eigenvalue weighted by Gasteiger charge is -2.22. The van der Waals surface area contributed by atoms with Crippen LogP contribution in [0.5, 0.6) is 0 Å². The molecule has 2 nitrogen and oxygen atoms in total. The van der Waals surface area contributed by atoms with E-state index in [0.717, 1.165) is 24.2 Å². The van der Waals surface area contributed by atoms with Crippen molar-refractivity contribution >= 4 is 0 Å². The fourth-order valence-electron chi connectivity index (χ4n) is 2.32. The summed E-state index contributed by atoms with van der Waals surface area (Å²) in [6, 6.07) is 11.1. The third kappa shape index (κ3) is 3.67. The molecule has 1 aromatic heterocycles. The fraction of sp³-hybridized carbons (Fsp3) is 0.375. The lowest BCUT2D eigenvalue weighted by atomic mass is 10.0. The molecule has 0 radical (unpaired) electrons. The van der Waals surface area contributed by atoms with Crippen molar-refractivity contribution in [3.8, 4) is 0 Å². The molecule has 0 bridgehead atoms. The van der Waals surface area contributed by atoms with Gasteiger partial charge in [0, 0.05) is 24.1 Å². The lowest BCUT2D eigenvalue weighted by molar-refractivity contribution is 0.402. The molecule has 0 saturated heterocycles. The summed E-state index contributed by atoms with van der Waals surface area (Å²) in [5, 5.41) is 3.46. The largest absolute Gasteiger partial charge is 0.469 e. The second-order valence-corrected chi connectivity index (χ2v) is 4.83. The van der Waals surface area contributed by atoms with Crippen molar-refractivity contribution < 1.29 is 8.81 Å². The smallest absolute Gasteiger partial charge is 0.127 e. The summed E-state index contributed by atoms with van der Waals surface area (Å²) in [7, 11) is 0. The van der Waals surface area contributed by atoms with Gasteiger partial charge in [0.05, 0.1) is 6.26 Å². The highest BCUT2D eigenvalue weighted by atomic mass is 19.1. The Bertz CT molecular complexity index is 495. The molecule has 0 aliphatic rings. The molecule has 0 saturated carbocycles. The van der Waals surface area contributed by atoms with Crippen molar-refractivity contribution in [2.75, 3.05) is 0 Å². The summed E-state index contributed by atoms with van der Waals surface area (Å²) in [6.45, 7) is 4.15. The number of benzene rings is 1.